The Morgan fingerprint density at radius 1 is 1.36 bits per heavy atom. The van der Waals surface area contributed by atoms with Gasteiger partial charge in [0.25, 0.3) is 5.91 Å². The highest BCUT2D eigenvalue weighted by Crippen LogP contribution is 2.18. The van der Waals surface area contributed by atoms with Crippen molar-refractivity contribution >= 4 is 11.8 Å². The van der Waals surface area contributed by atoms with Crippen molar-refractivity contribution in [2.24, 2.45) is 11.7 Å². The zero-order chi connectivity index (χ0) is 18.1. The number of ether oxygens (including phenoxy) is 2. The second kappa shape index (κ2) is 10.0. The van der Waals surface area contributed by atoms with Crippen LogP contribution in [0.1, 0.15) is 25.3 Å². The molecule has 0 aromatic heterocycles. The van der Waals surface area contributed by atoms with Gasteiger partial charge >= 0.3 is 0 Å². The minimum Gasteiger partial charge on any atom is -0.483 e. The van der Waals surface area contributed by atoms with Gasteiger partial charge in [0.15, 0.2) is 6.61 Å². The highest BCUT2D eigenvalue weighted by atomic mass is 16.5. The first-order chi connectivity index (χ1) is 12.1. The van der Waals surface area contributed by atoms with Crippen LogP contribution in [0.15, 0.2) is 24.3 Å². The molecule has 2 rings (SSSR count). The molecule has 0 bridgehead atoms. The maximum atomic E-state index is 11.9. The van der Waals surface area contributed by atoms with E-state index in [1.165, 1.54) is 0 Å². The molecule has 1 aliphatic heterocycles. The zero-order valence-electron chi connectivity index (χ0n) is 14.6. The molecular weight excluding hydrogens is 322 g/mol. The smallest absolute Gasteiger partial charge is 0.258 e. The molecule has 1 saturated heterocycles. The van der Waals surface area contributed by atoms with E-state index in [0.29, 0.717) is 25.4 Å². The molecule has 7 heteroatoms. The highest BCUT2D eigenvalue weighted by molar-refractivity contribution is 5.78. The van der Waals surface area contributed by atoms with Crippen LogP contribution in [0, 0.1) is 5.92 Å². The normalized spacial score (nSPS) is 17.8. The number of carbonyl (C=O) groups excluding carboxylic acids is 2. The number of amides is 2. The van der Waals surface area contributed by atoms with Crippen LogP contribution in [-0.4, -0.2) is 44.2 Å². The number of nitrogens with one attached hydrogen (secondary N) is 2. The third-order valence-electron chi connectivity index (χ3n) is 4.14. The largest absolute Gasteiger partial charge is 0.483 e. The van der Waals surface area contributed by atoms with E-state index in [1.807, 2.05) is 18.2 Å². The van der Waals surface area contributed by atoms with Crippen molar-refractivity contribution in [3.8, 4) is 5.75 Å². The fraction of sp³-hybridized carbons (Fsp3) is 0.556. The minimum atomic E-state index is -0.239. The molecule has 1 aliphatic rings. The van der Waals surface area contributed by atoms with Gasteiger partial charge in [-0.2, -0.15) is 0 Å². The number of nitrogens with two attached hydrogens (primary N) is 1. The van der Waals surface area contributed by atoms with Gasteiger partial charge in [0.2, 0.25) is 5.91 Å². The molecule has 2 unspecified atom stereocenters. The number of hydrogen-bond acceptors (Lipinski definition) is 5. The van der Waals surface area contributed by atoms with E-state index in [1.54, 1.807) is 13.0 Å². The van der Waals surface area contributed by atoms with Gasteiger partial charge in [0.1, 0.15) is 5.75 Å². The summed E-state index contributed by atoms with van der Waals surface area (Å²) in [6.07, 6.45) is 2.13. The van der Waals surface area contributed by atoms with Crippen LogP contribution in [0.3, 0.4) is 0 Å². The lowest BCUT2D eigenvalue weighted by Crippen LogP contribution is -2.35. The van der Waals surface area contributed by atoms with Gasteiger partial charge in [-0.3, -0.25) is 9.59 Å². The van der Waals surface area contributed by atoms with E-state index in [4.69, 9.17) is 15.2 Å². The van der Waals surface area contributed by atoms with Crippen molar-refractivity contribution in [2.75, 3.05) is 26.3 Å². The fourth-order valence-electron chi connectivity index (χ4n) is 2.48. The molecule has 2 atom stereocenters. The highest BCUT2D eigenvalue weighted by Gasteiger charge is 2.16. The Balaban J connectivity index is 1.79. The Kier molecular flexibility index (Phi) is 7.69. The van der Waals surface area contributed by atoms with Crippen molar-refractivity contribution in [3.63, 3.8) is 0 Å². The van der Waals surface area contributed by atoms with Crippen LogP contribution >= 0.6 is 0 Å². The van der Waals surface area contributed by atoms with E-state index in [-0.39, 0.29) is 30.4 Å². The van der Waals surface area contributed by atoms with Gasteiger partial charge in [0, 0.05) is 37.7 Å². The standard InChI is InChI=1S/C18H27N3O4/c1-13(9-19)18(23)21-10-14-5-2-3-7-16(14)25-12-17(22)20-11-15-6-4-8-24-15/h2-3,5,7,13,15H,4,6,8-12,19H2,1H3,(H,20,22)(H,21,23). The van der Waals surface area contributed by atoms with Crippen LogP contribution in [-0.2, 0) is 20.9 Å². The maximum Gasteiger partial charge on any atom is 0.258 e. The summed E-state index contributed by atoms with van der Waals surface area (Å²) in [4.78, 5) is 23.7. The van der Waals surface area contributed by atoms with Crippen molar-refractivity contribution in [2.45, 2.75) is 32.4 Å². The predicted octanol–water partition coefficient (Wildman–Crippen LogP) is 0.572. The van der Waals surface area contributed by atoms with Crippen LogP contribution < -0.4 is 21.1 Å². The summed E-state index contributed by atoms with van der Waals surface area (Å²) < 4.78 is 11.1. The first-order valence-corrected chi connectivity index (χ1v) is 8.67. The lowest BCUT2D eigenvalue weighted by molar-refractivity contribution is -0.125. The summed E-state index contributed by atoms with van der Waals surface area (Å²) in [5.74, 6) is 0.0461. The van der Waals surface area contributed by atoms with E-state index < -0.39 is 0 Å². The number of hydrogen-bond donors (Lipinski definition) is 3. The molecule has 0 spiro atoms. The number of rotatable bonds is 9. The van der Waals surface area contributed by atoms with Gasteiger partial charge in [-0.1, -0.05) is 25.1 Å². The van der Waals surface area contributed by atoms with E-state index >= 15 is 0 Å². The van der Waals surface area contributed by atoms with Gasteiger partial charge in [-0.15, -0.1) is 0 Å². The van der Waals surface area contributed by atoms with E-state index in [2.05, 4.69) is 10.6 Å². The first kappa shape index (κ1) is 19.2. The van der Waals surface area contributed by atoms with E-state index in [0.717, 1.165) is 25.0 Å². The number of benzene rings is 1. The summed E-state index contributed by atoms with van der Waals surface area (Å²) in [5, 5.41) is 5.64. The zero-order valence-corrected chi connectivity index (χ0v) is 14.6. The predicted molar refractivity (Wildman–Crippen MR) is 94.0 cm³/mol. The Morgan fingerprint density at radius 2 is 2.16 bits per heavy atom. The summed E-state index contributed by atoms with van der Waals surface area (Å²) in [6.45, 7) is 3.61. The lowest BCUT2D eigenvalue weighted by atomic mass is 10.1. The molecule has 1 aromatic carbocycles. The molecule has 0 aliphatic carbocycles. The molecule has 7 nitrogen and oxygen atoms in total. The number of carbonyl (C=O) groups is 2. The second-order valence-electron chi connectivity index (χ2n) is 6.19. The van der Waals surface area contributed by atoms with Gasteiger partial charge < -0.3 is 25.8 Å². The quantitative estimate of drug-likeness (QED) is 0.605. The topological polar surface area (TPSA) is 103 Å². The van der Waals surface area contributed by atoms with Crippen LogP contribution in [0.4, 0.5) is 0 Å². The third-order valence-corrected chi connectivity index (χ3v) is 4.14. The van der Waals surface area contributed by atoms with Gasteiger partial charge in [-0.25, -0.2) is 0 Å². The first-order valence-electron chi connectivity index (χ1n) is 8.67. The van der Waals surface area contributed by atoms with Gasteiger partial charge in [-0.05, 0) is 18.9 Å². The summed E-state index contributed by atoms with van der Waals surface area (Å²) in [5.41, 5.74) is 6.30. The summed E-state index contributed by atoms with van der Waals surface area (Å²) in [6, 6.07) is 7.32. The average Bonchev–Trinajstić information content (AvgIpc) is 3.16. The lowest BCUT2D eigenvalue weighted by Gasteiger charge is -2.14. The van der Waals surface area contributed by atoms with Crippen molar-refractivity contribution in [1.82, 2.24) is 10.6 Å². The minimum absolute atomic E-state index is 0.0725. The van der Waals surface area contributed by atoms with E-state index in [9.17, 15) is 9.59 Å². The Hall–Kier alpha value is -2.12. The Bertz CT molecular complexity index is 573. The molecule has 1 aromatic rings. The fourth-order valence-corrected chi connectivity index (χ4v) is 2.48. The molecule has 138 valence electrons. The van der Waals surface area contributed by atoms with Crippen LogP contribution in [0.25, 0.3) is 0 Å². The molecule has 4 N–H and O–H groups in total. The van der Waals surface area contributed by atoms with Crippen LogP contribution in [0.2, 0.25) is 0 Å². The SMILES string of the molecule is CC(CN)C(=O)NCc1ccccc1OCC(=O)NCC1CCCO1. The van der Waals surface area contributed by atoms with Crippen molar-refractivity contribution in [3.05, 3.63) is 29.8 Å². The molecule has 1 heterocycles. The molecule has 25 heavy (non-hydrogen) atoms. The molecule has 0 radical (unpaired) electrons. The Labute approximate surface area is 148 Å². The van der Waals surface area contributed by atoms with Gasteiger partial charge in [0.05, 0.1) is 6.10 Å². The molecule has 1 fully saturated rings. The van der Waals surface area contributed by atoms with Crippen LogP contribution in [0.5, 0.6) is 5.75 Å². The molecule has 0 saturated carbocycles. The maximum absolute atomic E-state index is 11.9. The Morgan fingerprint density at radius 3 is 2.88 bits per heavy atom. The average molecular weight is 349 g/mol. The van der Waals surface area contributed by atoms with Crippen molar-refractivity contribution in [1.29, 1.82) is 0 Å². The third kappa shape index (κ3) is 6.36. The molecular formula is C18H27N3O4. The summed E-state index contributed by atoms with van der Waals surface area (Å²) in [7, 11) is 0. The summed E-state index contributed by atoms with van der Waals surface area (Å²) >= 11 is 0. The van der Waals surface area contributed by atoms with Crippen molar-refractivity contribution < 1.29 is 19.1 Å². The number of para-hydroxylation sites is 1. The second-order valence-corrected chi connectivity index (χ2v) is 6.19. The monoisotopic (exact) mass is 349 g/mol. The molecule has 2 amide bonds.